The molecule has 4 nitrogen and oxygen atoms in total. The van der Waals surface area contributed by atoms with E-state index in [2.05, 4.69) is 29.3 Å². The van der Waals surface area contributed by atoms with Crippen molar-refractivity contribution in [1.82, 2.24) is 4.90 Å². The molecule has 1 saturated heterocycles. The Morgan fingerprint density at radius 2 is 1.85 bits per heavy atom. The number of hydrogen-bond donors (Lipinski definition) is 2. The molecule has 1 amide bonds. The first-order chi connectivity index (χ1) is 11.7. The SMILES string of the molecule is Cc1c(CN2CCSCC2)cccc1NC(=O)CCCCCCN.Cl.Cl. The molecule has 0 aliphatic carbocycles. The molecule has 0 spiro atoms. The maximum absolute atomic E-state index is 12.1. The smallest absolute Gasteiger partial charge is 0.224 e. The summed E-state index contributed by atoms with van der Waals surface area (Å²) in [6.07, 6.45) is 4.79. The van der Waals surface area contributed by atoms with Gasteiger partial charge in [0.25, 0.3) is 0 Å². The number of hydrogen-bond acceptors (Lipinski definition) is 4. The standard InChI is InChI=1S/C19H31N3OS.2ClH/c1-16-17(15-22-11-13-24-14-12-22)7-6-8-18(16)21-19(23)9-4-2-3-5-10-20;;/h6-8H,2-5,9-15,20H2,1H3,(H,21,23);2*1H. The normalized spacial score (nSPS) is 14.2. The molecule has 7 heteroatoms. The lowest BCUT2D eigenvalue weighted by atomic mass is 10.1. The molecule has 1 fully saturated rings. The molecule has 0 saturated carbocycles. The summed E-state index contributed by atoms with van der Waals surface area (Å²) in [5.41, 5.74) is 8.97. The number of amides is 1. The van der Waals surface area contributed by atoms with Crippen molar-refractivity contribution in [1.29, 1.82) is 0 Å². The second-order valence-electron chi connectivity index (χ2n) is 6.48. The molecule has 2 rings (SSSR count). The third kappa shape index (κ3) is 8.96. The Labute approximate surface area is 174 Å². The lowest BCUT2D eigenvalue weighted by molar-refractivity contribution is -0.116. The van der Waals surface area contributed by atoms with Crippen LogP contribution in [0.5, 0.6) is 0 Å². The van der Waals surface area contributed by atoms with E-state index in [0.717, 1.165) is 57.5 Å². The molecular formula is C19H33Cl2N3OS. The highest BCUT2D eigenvalue weighted by molar-refractivity contribution is 7.99. The molecule has 1 heterocycles. The Morgan fingerprint density at radius 3 is 2.54 bits per heavy atom. The lowest BCUT2D eigenvalue weighted by Gasteiger charge is -2.27. The van der Waals surface area contributed by atoms with Crippen molar-refractivity contribution in [2.75, 3.05) is 36.5 Å². The van der Waals surface area contributed by atoms with E-state index in [1.165, 1.54) is 22.6 Å². The molecule has 3 N–H and O–H groups in total. The van der Waals surface area contributed by atoms with Crippen LogP contribution in [0.1, 0.15) is 43.2 Å². The zero-order chi connectivity index (χ0) is 17.2. The van der Waals surface area contributed by atoms with Crippen LogP contribution in [-0.2, 0) is 11.3 Å². The van der Waals surface area contributed by atoms with Crippen LogP contribution in [0.4, 0.5) is 5.69 Å². The molecule has 0 radical (unpaired) electrons. The van der Waals surface area contributed by atoms with Crippen LogP contribution in [0.2, 0.25) is 0 Å². The number of carbonyl (C=O) groups excluding carboxylic acids is 1. The fraction of sp³-hybridized carbons (Fsp3) is 0.632. The zero-order valence-electron chi connectivity index (χ0n) is 15.7. The molecular weight excluding hydrogens is 389 g/mol. The quantitative estimate of drug-likeness (QED) is 0.585. The van der Waals surface area contributed by atoms with Gasteiger partial charge in [0.15, 0.2) is 0 Å². The molecule has 1 aromatic rings. The van der Waals surface area contributed by atoms with E-state index in [9.17, 15) is 4.79 Å². The van der Waals surface area contributed by atoms with Gasteiger partial charge in [0.05, 0.1) is 0 Å². The van der Waals surface area contributed by atoms with Crippen molar-refractivity contribution >= 4 is 48.2 Å². The lowest BCUT2D eigenvalue weighted by Crippen LogP contribution is -2.32. The Bertz CT molecular complexity index is 526. The van der Waals surface area contributed by atoms with E-state index in [1.807, 2.05) is 17.8 Å². The predicted molar refractivity (Wildman–Crippen MR) is 119 cm³/mol. The minimum Gasteiger partial charge on any atom is -0.330 e. The zero-order valence-corrected chi connectivity index (χ0v) is 18.1. The molecule has 0 bridgehead atoms. The molecule has 0 unspecified atom stereocenters. The minimum absolute atomic E-state index is 0. The predicted octanol–water partition coefficient (Wildman–Crippen LogP) is 4.24. The van der Waals surface area contributed by atoms with E-state index < -0.39 is 0 Å². The van der Waals surface area contributed by atoms with Gasteiger partial charge in [-0.3, -0.25) is 9.69 Å². The second-order valence-corrected chi connectivity index (χ2v) is 7.70. The number of nitrogens with zero attached hydrogens (tertiary/aromatic N) is 1. The third-order valence-corrected chi connectivity index (χ3v) is 5.52. The van der Waals surface area contributed by atoms with Gasteiger partial charge in [-0.2, -0.15) is 11.8 Å². The number of halogens is 2. The van der Waals surface area contributed by atoms with E-state index in [0.29, 0.717) is 6.42 Å². The second kappa shape index (κ2) is 14.6. The topological polar surface area (TPSA) is 58.4 Å². The molecule has 0 atom stereocenters. The van der Waals surface area contributed by atoms with Crippen LogP contribution < -0.4 is 11.1 Å². The van der Waals surface area contributed by atoms with Crippen molar-refractivity contribution in [2.24, 2.45) is 5.73 Å². The number of benzene rings is 1. The Hall–Kier alpha value is -0.460. The van der Waals surface area contributed by atoms with Gasteiger partial charge in [-0.05, 0) is 43.5 Å². The first-order valence-electron chi connectivity index (χ1n) is 9.09. The largest absolute Gasteiger partial charge is 0.330 e. The minimum atomic E-state index is 0. The van der Waals surface area contributed by atoms with Gasteiger partial charge in [-0.15, -0.1) is 24.8 Å². The maximum Gasteiger partial charge on any atom is 0.224 e. The van der Waals surface area contributed by atoms with Gasteiger partial charge in [0, 0.05) is 43.2 Å². The van der Waals surface area contributed by atoms with Crippen LogP contribution in [0, 0.1) is 6.92 Å². The number of thioether (sulfide) groups is 1. The van der Waals surface area contributed by atoms with Crippen molar-refractivity contribution in [3.63, 3.8) is 0 Å². The number of anilines is 1. The number of carbonyl (C=O) groups is 1. The first-order valence-corrected chi connectivity index (χ1v) is 10.2. The molecule has 26 heavy (non-hydrogen) atoms. The van der Waals surface area contributed by atoms with Gasteiger partial charge >= 0.3 is 0 Å². The molecule has 0 aromatic heterocycles. The molecule has 1 aliphatic rings. The third-order valence-electron chi connectivity index (χ3n) is 4.58. The maximum atomic E-state index is 12.1. The summed E-state index contributed by atoms with van der Waals surface area (Å²) in [5, 5.41) is 3.09. The summed E-state index contributed by atoms with van der Waals surface area (Å²) < 4.78 is 0. The summed E-state index contributed by atoms with van der Waals surface area (Å²) in [6, 6.07) is 6.24. The van der Waals surface area contributed by atoms with Crippen LogP contribution in [-0.4, -0.2) is 41.9 Å². The van der Waals surface area contributed by atoms with Crippen molar-refractivity contribution in [2.45, 2.75) is 45.6 Å². The van der Waals surface area contributed by atoms with E-state index in [4.69, 9.17) is 5.73 Å². The monoisotopic (exact) mass is 421 g/mol. The van der Waals surface area contributed by atoms with E-state index >= 15 is 0 Å². The number of unbranched alkanes of at least 4 members (excludes halogenated alkanes) is 3. The summed E-state index contributed by atoms with van der Waals surface area (Å²) in [6.45, 7) is 6.15. The van der Waals surface area contributed by atoms with Crippen LogP contribution in [0.25, 0.3) is 0 Å². The Morgan fingerprint density at radius 1 is 1.15 bits per heavy atom. The van der Waals surface area contributed by atoms with Crippen LogP contribution >= 0.6 is 36.6 Å². The Balaban J connectivity index is 0.00000312. The highest BCUT2D eigenvalue weighted by Crippen LogP contribution is 2.22. The van der Waals surface area contributed by atoms with Crippen LogP contribution in [0.3, 0.4) is 0 Å². The first kappa shape index (κ1) is 25.5. The number of nitrogens with two attached hydrogens (primary N) is 1. The van der Waals surface area contributed by atoms with Gasteiger partial charge in [0.1, 0.15) is 0 Å². The summed E-state index contributed by atoms with van der Waals surface area (Å²) in [7, 11) is 0. The average Bonchev–Trinajstić information content (AvgIpc) is 2.59. The van der Waals surface area contributed by atoms with E-state index in [1.54, 1.807) is 0 Å². The summed E-state index contributed by atoms with van der Waals surface area (Å²) in [5.74, 6) is 2.57. The average molecular weight is 422 g/mol. The molecule has 1 aromatic carbocycles. The highest BCUT2D eigenvalue weighted by atomic mass is 35.5. The highest BCUT2D eigenvalue weighted by Gasteiger charge is 2.13. The van der Waals surface area contributed by atoms with Gasteiger partial charge in [-0.1, -0.05) is 25.0 Å². The van der Waals surface area contributed by atoms with Crippen LogP contribution in [0.15, 0.2) is 18.2 Å². The summed E-state index contributed by atoms with van der Waals surface area (Å²) >= 11 is 2.03. The van der Waals surface area contributed by atoms with Gasteiger partial charge in [0.2, 0.25) is 5.91 Å². The Kier molecular flexibility index (Phi) is 14.3. The van der Waals surface area contributed by atoms with Crippen molar-refractivity contribution in [3.8, 4) is 0 Å². The number of rotatable bonds is 9. The fourth-order valence-electron chi connectivity index (χ4n) is 2.99. The van der Waals surface area contributed by atoms with E-state index in [-0.39, 0.29) is 30.7 Å². The van der Waals surface area contributed by atoms with Gasteiger partial charge in [-0.25, -0.2) is 0 Å². The summed E-state index contributed by atoms with van der Waals surface area (Å²) in [4.78, 5) is 14.7. The van der Waals surface area contributed by atoms with Crippen molar-refractivity contribution in [3.05, 3.63) is 29.3 Å². The van der Waals surface area contributed by atoms with Crippen molar-refractivity contribution < 1.29 is 4.79 Å². The molecule has 150 valence electrons. The van der Waals surface area contributed by atoms with Gasteiger partial charge < -0.3 is 11.1 Å². The fourth-order valence-corrected chi connectivity index (χ4v) is 3.97. The molecule has 1 aliphatic heterocycles. The number of nitrogens with one attached hydrogen (secondary N) is 1.